The van der Waals surface area contributed by atoms with Gasteiger partial charge in [0.2, 0.25) is 0 Å². The summed E-state index contributed by atoms with van der Waals surface area (Å²) in [6.07, 6.45) is 2.23. The molecule has 0 aliphatic heterocycles. The first-order chi connectivity index (χ1) is 16.4. The molecular formula is C25H23N3O5S. The fourth-order valence-electron chi connectivity index (χ4n) is 3.36. The van der Waals surface area contributed by atoms with E-state index in [0.29, 0.717) is 16.2 Å². The number of esters is 2. The summed E-state index contributed by atoms with van der Waals surface area (Å²) in [5, 5.41) is 4.82. The largest absolute Gasteiger partial charge is 0.462 e. The lowest BCUT2D eigenvalue weighted by atomic mass is 10.0. The lowest BCUT2D eigenvalue weighted by Gasteiger charge is -2.13. The number of hydrogen-bond donors (Lipinski definition) is 1. The molecule has 1 amide bonds. The van der Waals surface area contributed by atoms with Crippen LogP contribution in [0.4, 0.5) is 5.00 Å². The van der Waals surface area contributed by atoms with Crippen LogP contribution in [0.3, 0.4) is 0 Å². The molecule has 1 N–H and O–H groups in total. The number of ether oxygens (including phenoxy) is 2. The van der Waals surface area contributed by atoms with Crippen molar-refractivity contribution in [1.82, 2.24) is 9.38 Å². The monoisotopic (exact) mass is 477 g/mol. The number of thiophene rings is 1. The van der Waals surface area contributed by atoms with Crippen LogP contribution in [0.1, 0.15) is 40.3 Å². The molecule has 1 atom stereocenters. The van der Waals surface area contributed by atoms with Crippen LogP contribution in [0.5, 0.6) is 0 Å². The highest BCUT2D eigenvalue weighted by atomic mass is 32.1. The van der Waals surface area contributed by atoms with Crippen LogP contribution in [0.25, 0.3) is 16.8 Å². The molecule has 3 heterocycles. The minimum absolute atomic E-state index is 0.0972. The lowest BCUT2D eigenvalue weighted by molar-refractivity contribution is -0.123. The summed E-state index contributed by atoms with van der Waals surface area (Å²) in [5.74, 6) is -1.83. The molecule has 9 heteroatoms. The summed E-state index contributed by atoms with van der Waals surface area (Å²) in [6.45, 7) is 5.30. The zero-order valence-corrected chi connectivity index (χ0v) is 19.7. The quantitative estimate of drug-likeness (QED) is 0.386. The number of hydrogen-bond acceptors (Lipinski definition) is 7. The first-order valence-electron chi connectivity index (χ1n) is 10.7. The maximum absolute atomic E-state index is 12.8. The van der Waals surface area contributed by atoms with Gasteiger partial charge in [-0.25, -0.2) is 14.6 Å². The van der Waals surface area contributed by atoms with Crippen molar-refractivity contribution < 1.29 is 23.9 Å². The predicted molar refractivity (Wildman–Crippen MR) is 129 cm³/mol. The fourth-order valence-corrected chi connectivity index (χ4v) is 4.32. The Kier molecular flexibility index (Phi) is 6.74. The predicted octanol–water partition coefficient (Wildman–Crippen LogP) is 4.73. The molecule has 0 saturated heterocycles. The van der Waals surface area contributed by atoms with Gasteiger partial charge in [0.15, 0.2) is 11.8 Å². The Hall–Kier alpha value is -3.98. The second-order valence-corrected chi connectivity index (χ2v) is 8.45. The molecule has 0 radical (unpaired) electrons. The summed E-state index contributed by atoms with van der Waals surface area (Å²) < 4.78 is 12.2. The van der Waals surface area contributed by atoms with Gasteiger partial charge in [0, 0.05) is 23.3 Å². The highest BCUT2D eigenvalue weighted by molar-refractivity contribution is 7.15. The van der Waals surface area contributed by atoms with Crippen LogP contribution in [0.2, 0.25) is 0 Å². The zero-order chi connectivity index (χ0) is 24.2. The first kappa shape index (κ1) is 23.2. The smallest absolute Gasteiger partial charge is 0.359 e. The highest BCUT2D eigenvalue weighted by Gasteiger charge is 2.26. The molecule has 34 heavy (non-hydrogen) atoms. The van der Waals surface area contributed by atoms with Crippen LogP contribution < -0.4 is 5.32 Å². The number of fused-ring (bicyclic) bond motifs is 1. The molecule has 0 fully saturated rings. The Morgan fingerprint density at radius 3 is 2.65 bits per heavy atom. The average molecular weight is 478 g/mol. The van der Waals surface area contributed by atoms with E-state index >= 15 is 0 Å². The van der Waals surface area contributed by atoms with Crippen molar-refractivity contribution >= 4 is 39.8 Å². The minimum atomic E-state index is -1.11. The molecule has 0 aliphatic rings. The molecule has 3 aromatic heterocycles. The minimum Gasteiger partial charge on any atom is -0.462 e. The number of nitrogens with zero attached hydrogens (tertiary/aromatic N) is 2. The van der Waals surface area contributed by atoms with Gasteiger partial charge in [0.1, 0.15) is 16.2 Å². The molecule has 4 rings (SSSR count). The zero-order valence-electron chi connectivity index (χ0n) is 18.9. The first-order valence-corrected chi connectivity index (χ1v) is 11.6. The van der Waals surface area contributed by atoms with Gasteiger partial charge >= 0.3 is 11.9 Å². The Morgan fingerprint density at radius 1 is 1.15 bits per heavy atom. The Bertz CT molecular complexity index is 1360. The summed E-state index contributed by atoms with van der Waals surface area (Å²) in [4.78, 5) is 42.3. The Morgan fingerprint density at radius 2 is 1.91 bits per heavy atom. The number of carbonyl (C=O) groups is 3. The van der Waals surface area contributed by atoms with E-state index in [4.69, 9.17) is 9.47 Å². The van der Waals surface area contributed by atoms with E-state index in [-0.39, 0.29) is 17.9 Å². The van der Waals surface area contributed by atoms with Crippen molar-refractivity contribution in [3.63, 3.8) is 0 Å². The van der Waals surface area contributed by atoms with Gasteiger partial charge in [-0.1, -0.05) is 30.3 Å². The number of benzene rings is 1. The van der Waals surface area contributed by atoms with Crippen molar-refractivity contribution in [1.29, 1.82) is 0 Å². The fraction of sp³-hybridized carbons (Fsp3) is 0.200. The normalized spacial score (nSPS) is 11.7. The molecule has 1 aromatic carbocycles. The van der Waals surface area contributed by atoms with Crippen LogP contribution in [0.15, 0.2) is 60.2 Å². The maximum atomic E-state index is 12.8. The number of imidazole rings is 1. The van der Waals surface area contributed by atoms with Gasteiger partial charge in [-0.15, -0.1) is 11.3 Å². The topological polar surface area (TPSA) is 99.0 Å². The van der Waals surface area contributed by atoms with E-state index in [9.17, 15) is 14.4 Å². The number of carbonyl (C=O) groups excluding carboxylic acids is 3. The van der Waals surface area contributed by atoms with Crippen LogP contribution in [0, 0.1) is 6.92 Å². The van der Waals surface area contributed by atoms with Gasteiger partial charge < -0.3 is 19.2 Å². The summed E-state index contributed by atoms with van der Waals surface area (Å²) in [5.41, 5.74) is 3.46. The number of aromatic nitrogens is 2. The molecule has 0 saturated carbocycles. The molecule has 8 nitrogen and oxygen atoms in total. The van der Waals surface area contributed by atoms with Gasteiger partial charge in [0.05, 0.1) is 6.61 Å². The number of aryl methyl sites for hydroxylation is 1. The molecule has 0 spiro atoms. The van der Waals surface area contributed by atoms with E-state index in [2.05, 4.69) is 10.3 Å². The van der Waals surface area contributed by atoms with Crippen LogP contribution in [-0.4, -0.2) is 39.9 Å². The van der Waals surface area contributed by atoms with E-state index in [1.165, 1.54) is 18.3 Å². The standard InChI is InChI=1S/C25H23N3O5S/c1-4-32-25(31)21-18(17-8-6-5-7-9-17)14-34-23(21)27-22(29)16(3)33-24(30)19-13-28-11-10-15(2)12-20(28)26-19/h5-14,16H,4H2,1-3H3,(H,27,29). The van der Waals surface area contributed by atoms with Gasteiger partial charge in [-0.2, -0.15) is 0 Å². The summed E-state index contributed by atoms with van der Waals surface area (Å²) >= 11 is 1.20. The van der Waals surface area contributed by atoms with Crippen molar-refractivity contribution in [3.8, 4) is 11.1 Å². The third-order valence-corrected chi connectivity index (χ3v) is 5.97. The van der Waals surface area contributed by atoms with Crippen molar-refractivity contribution in [3.05, 3.63) is 77.1 Å². The van der Waals surface area contributed by atoms with E-state index < -0.39 is 23.9 Å². The summed E-state index contributed by atoms with van der Waals surface area (Å²) in [6, 6.07) is 13.1. The second kappa shape index (κ2) is 9.88. The summed E-state index contributed by atoms with van der Waals surface area (Å²) in [7, 11) is 0. The molecule has 4 aromatic rings. The van der Waals surface area contributed by atoms with Crippen LogP contribution in [-0.2, 0) is 14.3 Å². The maximum Gasteiger partial charge on any atom is 0.359 e. The van der Waals surface area contributed by atoms with E-state index in [1.54, 1.807) is 29.1 Å². The molecule has 0 aliphatic carbocycles. The molecule has 174 valence electrons. The van der Waals surface area contributed by atoms with Crippen molar-refractivity contribution in [2.75, 3.05) is 11.9 Å². The Labute approximate surface area is 200 Å². The number of amides is 1. The van der Waals surface area contributed by atoms with Crippen molar-refractivity contribution in [2.24, 2.45) is 0 Å². The number of nitrogens with one attached hydrogen (secondary N) is 1. The third kappa shape index (κ3) is 4.84. The number of pyridine rings is 1. The second-order valence-electron chi connectivity index (χ2n) is 7.57. The van der Waals surface area contributed by atoms with Gasteiger partial charge in [0.25, 0.3) is 5.91 Å². The third-order valence-electron chi connectivity index (χ3n) is 5.07. The van der Waals surface area contributed by atoms with Crippen molar-refractivity contribution in [2.45, 2.75) is 26.9 Å². The van der Waals surface area contributed by atoms with Crippen LogP contribution >= 0.6 is 11.3 Å². The lowest BCUT2D eigenvalue weighted by Crippen LogP contribution is -2.30. The number of rotatable bonds is 7. The van der Waals surface area contributed by atoms with E-state index in [1.807, 2.05) is 49.4 Å². The molecular weight excluding hydrogens is 454 g/mol. The molecule has 1 unspecified atom stereocenters. The molecule has 0 bridgehead atoms. The average Bonchev–Trinajstić information content (AvgIpc) is 3.43. The van der Waals surface area contributed by atoms with Gasteiger partial charge in [-0.3, -0.25) is 4.79 Å². The highest BCUT2D eigenvalue weighted by Crippen LogP contribution is 2.36. The SMILES string of the molecule is CCOC(=O)c1c(-c2ccccc2)csc1NC(=O)C(C)OC(=O)c1cn2ccc(C)cc2n1. The Balaban J connectivity index is 1.51. The van der Waals surface area contributed by atoms with E-state index in [0.717, 1.165) is 11.1 Å². The van der Waals surface area contributed by atoms with Gasteiger partial charge in [-0.05, 0) is 44.0 Å². The number of anilines is 1.